The summed E-state index contributed by atoms with van der Waals surface area (Å²) in [6.45, 7) is 1.94. The van der Waals surface area contributed by atoms with E-state index in [9.17, 15) is 9.59 Å². The number of aromatic amines is 2. The van der Waals surface area contributed by atoms with Crippen LogP contribution in [0.1, 0.15) is 25.1 Å². The molecule has 1 aliphatic heterocycles. The number of nitrogens with zero attached hydrogens (tertiary/aromatic N) is 1. The van der Waals surface area contributed by atoms with Gasteiger partial charge in [-0.3, -0.25) is 19.8 Å². The van der Waals surface area contributed by atoms with E-state index in [4.69, 9.17) is 17.5 Å². The average Bonchev–Trinajstić information content (AvgIpc) is 2.89. The number of nitrogens with one attached hydrogen (secondary N) is 5. The van der Waals surface area contributed by atoms with Crippen LogP contribution in [0.4, 0.5) is 0 Å². The van der Waals surface area contributed by atoms with Crippen molar-refractivity contribution in [1.82, 2.24) is 31.3 Å². The number of fused-ring (bicyclic) bond motifs is 1. The average molecular weight is 328 g/mol. The Morgan fingerprint density at radius 1 is 1.32 bits per heavy atom. The number of aromatic nitrogens is 3. The summed E-state index contributed by atoms with van der Waals surface area (Å²) < 4.78 is 0.304. The van der Waals surface area contributed by atoms with Crippen LogP contribution in [0, 0.1) is 10.7 Å². The fourth-order valence-corrected chi connectivity index (χ4v) is 3.48. The van der Waals surface area contributed by atoms with Crippen LogP contribution in [0.25, 0.3) is 0 Å². The van der Waals surface area contributed by atoms with Crippen LogP contribution in [0.3, 0.4) is 0 Å². The largest absolute Gasteiger partial charge is 0.343 e. The maximum Gasteiger partial charge on any atom is 0.309 e. The molecule has 120 valence electrons. The van der Waals surface area contributed by atoms with Gasteiger partial charge in [-0.25, -0.2) is 10.2 Å². The zero-order valence-corrected chi connectivity index (χ0v) is 12.4. The van der Waals surface area contributed by atoms with E-state index >= 15 is 0 Å². The predicted octanol–water partition coefficient (Wildman–Crippen LogP) is -1.06. The van der Waals surface area contributed by atoms with Crippen LogP contribution in [0.5, 0.6) is 0 Å². The number of rotatable bonds is 3. The van der Waals surface area contributed by atoms with Crippen LogP contribution in [0.2, 0.25) is 0 Å². The maximum absolute atomic E-state index is 11.7. The summed E-state index contributed by atoms with van der Waals surface area (Å²) in [7, 11) is 0. The van der Waals surface area contributed by atoms with Gasteiger partial charge < -0.3 is 10.6 Å². The van der Waals surface area contributed by atoms with Crippen molar-refractivity contribution < 1.29 is 19.8 Å². The van der Waals surface area contributed by atoms with E-state index in [-0.39, 0.29) is 30.0 Å². The summed E-state index contributed by atoms with van der Waals surface area (Å²) in [5.74, 6) is -1.07. The van der Waals surface area contributed by atoms with E-state index in [1.54, 1.807) is 0 Å². The molecule has 2 fully saturated rings. The maximum atomic E-state index is 11.7. The van der Waals surface area contributed by atoms with E-state index in [0.29, 0.717) is 17.0 Å². The van der Waals surface area contributed by atoms with Crippen molar-refractivity contribution in [1.29, 1.82) is 0 Å². The molecular weight excluding hydrogens is 312 g/mol. The topological polar surface area (TPSA) is 144 Å². The molecule has 2 aliphatic rings. The van der Waals surface area contributed by atoms with Gasteiger partial charge in [-0.15, -0.1) is 4.99 Å². The Bertz CT molecular complexity index is 645. The second kappa shape index (κ2) is 5.76. The van der Waals surface area contributed by atoms with E-state index in [1.807, 2.05) is 6.92 Å². The number of hydroxylamine groups is 1. The normalized spacial score (nSPS) is 34.7. The lowest BCUT2D eigenvalue weighted by molar-refractivity contribution is -0.304. The highest BCUT2D eigenvalue weighted by atomic mass is 32.1. The molecule has 0 aromatic carbocycles. The Morgan fingerprint density at radius 2 is 2.05 bits per heavy atom. The van der Waals surface area contributed by atoms with Crippen LogP contribution >= 0.6 is 12.2 Å². The van der Waals surface area contributed by atoms with Crippen molar-refractivity contribution in [3.05, 3.63) is 10.6 Å². The van der Waals surface area contributed by atoms with Gasteiger partial charge in [0.2, 0.25) is 4.77 Å². The zero-order valence-electron chi connectivity index (χ0n) is 11.6. The first-order valence-electron chi connectivity index (χ1n) is 6.83. The molecular formula is C11H16N6O4S. The molecule has 1 saturated heterocycles. The van der Waals surface area contributed by atoms with Gasteiger partial charge >= 0.3 is 11.8 Å². The lowest BCUT2D eigenvalue weighted by Gasteiger charge is -2.46. The van der Waals surface area contributed by atoms with Crippen molar-refractivity contribution in [2.75, 3.05) is 0 Å². The molecule has 0 spiro atoms. The molecule has 22 heavy (non-hydrogen) atoms. The third kappa shape index (κ3) is 2.52. The van der Waals surface area contributed by atoms with Crippen LogP contribution in [0.15, 0.2) is 0 Å². The third-order valence-corrected chi connectivity index (χ3v) is 4.58. The first-order valence-corrected chi connectivity index (χ1v) is 7.24. The summed E-state index contributed by atoms with van der Waals surface area (Å²) in [5.41, 5.74) is 2.51. The van der Waals surface area contributed by atoms with Crippen LogP contribution < -0.4 is 16.1 Å². The highest BCUT2D eigenvalue weighted by Gasteiger charge is 2.49. The number of hydrogen-bond donors (Lipinski definition) is 6. The number of amides is 2. The molecule has 11 heteroatoms. The van der Waals surface area contributed by atoms with Crippen molar-refractivity contribution >= 4 is 24.0 Å². The molecule has 1 aromatic heterocycles. The lowest BCUT2D eigenvalue weighted by atomic mass is 9.70. The molecule has 2 heterocycles. The van der Waals surface area contributed by atoms with Gasteiger partial charge in [-0.2, -0.15) is 5.48 Å². The van der Waals surface area contributed by atoms with E-state index < -0.39 is 11.8 Å². The summed E-state index contributed by atoms with van der Waals surface area (Å²) in [5, 5.41) is 19.7. The van der Waals surface area contributed by atoms with E-state index in [1.165, 1.54) is 0 Å². The Morgan fingerprint density at radius 3 is 2.68 bits per heavy atom. The Hall–Kier alpha value is -1.82. The number of piperazine rings is 1. The number of carbonyl (C=O) groups is 2. The van der Waals surface area contributed by atoms with Gasteiger partial charge in [0.25, 0.3) is 0 Å². The molecule has 1 aliphatic carbocycles. The highest BCUT2D eigenvalue weighted by Crippen LogP contribution is 2.37. The van der Waals surface area contributed by atoms with E-state index in [2.05, 4.69) is 36.3 Å². The summed E-state index contributed by atoms with van der Waals surface area (Å²) in [6, 6.07) is -0.881. The number of carbonyl (C=O) groups excluding carboxylic acids is 2. The van der Waals surface area contributed by atoms with Gasteiger partial charge in [0.1, 0.15) is 5.82 Å². The Labute approximate surface area is 129 Å². The highest BCUT2D eigenvalue weighted by molar-refractivity contribution is 7.71. The minimum absolute atomic E-state index is 0.0577. The fraction of sp³-hybridized carbons (Fsp3) is 0.636. The molecule has 1 saturated carbocycles. The second-order valence-electron chi connectivity index (χ2n) is 5.57. The van der Waals surface area contributed by atoms with Gasteiger partial charge in [0.15, 0.2) is 0 Å². The van der Waals surface area contributed by atoms with Crippen molar-refractivity contribution in [3.8, 4) is 0 Å². The molecule has 0 bridgehead atoms. The zero-order chi connectivity index (χ0) is 15.9. The Balaban J connectivity index is 1.96. The van der Waals surface area contributed by atoms with Crippen molar-refractivity contribution in [2.45, 2.75) is 37.4 Å². The quantitative estimate of drug-likeness (QED) is 0.179. The SMILES string of the molecule is CC1C(NOO)CC2NC(=O)C(=O)NC2C1c1nc(=S)[nH][nH]1. The van der Waals surface area contributed by atoms with Crippen molar-refractivity contribution in [2.24, 2.45) is 5.92 Å². The number of H-pyrrole nitrogens is 2. The second-order valence-corrected chi connectivity index (χ2v) is 5.95. The van der Waals surface area contributed by atoms with Gasteiger partial charge in [0.05, 0.1) is 12.1 Å². The van der Waals surface area contributed by atoms with Gasteiger partial charge in [-0.05, 0) is 24.6 Å². The third-order valence-electron chi connectivity index (χ3n) is 4.39. The standard InChI is InChI=1S/C11H16N6O4S/c1-3-4(17-21-20)2-5-7(13-10(19)9(18)12-5)6(3)8-14-11(22)16-15-8/h3-7,17,20H,2H2,1H3,(H,12,18)(H,13,19)(H2,14,15,16,22). The predicted molar refractivity (Wildman–Crippen MR) is 74.8 cm³/mol. The summed E-state index contributed by atoms with van der Waals surface area (Å²) >= 11 is 4.97. The Kier molecular flexibility index (Phi) is 3.95. The van der Waals surface area contributed by atoms with Crippen LogP contribution in [-0.4, -0.2) is 50.4 Å². The van der Waals surface area contributed by atoms with Gasteiger partial charge in [0, 0.05) is 12.0 Å². The molecule has 5 unspecified atom stereocenters. The fourth-order valence-electron chi connectivity index (χ4n) is 3.34. The molecule has 10 nitrogen and oxygen atoms in total. The first kappa shape index (κ1) is 15.1. The first-order chi connectivity index (χ1) is 10.5. The van der Waals surface area contributed by atoms with Crippen molar-refractivity contribution in [3.63, 3.8) is 0 Å². The molecule has 3 rings (SSSR count). The summed E-state index contributed by atoms with van der Waals surface area (Å²) in [4.78, 5) is 31.5. The van der Waals surface area contributed by atoms with Crippen LogP contribution in [-0.2, 0) is 14.6 Å². The molecule has 0 radical (unpaired) electrons. The smallest absolute Gasteiger partial charge is 0.309 e. The minimum Gasteiger partial charge on any atom is -0.343 e. The monoisotopic (exact) mass is 328 g/mol. The minimum atomic E-state index is -0.673. The summed E-state index contributed by atoms with van der Waals surface area (Å²) in [6.07, 6.45) is 0.486. The molecule has 2 amide bonds. The molecule has 5 atom stereocenters. The van der Waals surface area contributed by atoms with Gasteiger partial charge in [-0.1, -0.05) is 6.92 Å². The lowest BCUT2D eigenvalue weighted by Crippen LogP contribution is -2.69. The molecule has 6 N–H and O–H groups in total. The van der Waals surface area contributed by atoms with E-state index in [0.717, 1.165) is 0 Å². The molecule has 1 aromatic rings. The number of hydrogen-bond acceptors (Lipinski definition) is 7.